The number of carbonyl (C=O) groups excluding carboxylic acids is 2. The first-order chi connectivity index (χ1) is 16.1. The average molecular weight is 453 g/mol. The summed E-state index contributed by atoms with van der Waals surface area (Å²) >= 11 is 0. The van der Waals surface area contributed by atoms with E-state index in [0.29, 0.717) is 18.7 Å². The van der Waals surface area contributed by atoms with E-state index in [1.54, 1.807) is 18.3 Å². The second-order valence-electron chi connectivity index (χ2n) is 8.56. The molecule has 0 saturated carbocycles. The van der Waals surface area contributed by atoms with Gasteiger partial charge in [-0.25, -0.2) is 4.98 Å². The van der Waals surface area contributed by atoms with Crippen LogP contribution in [0.5, 0.6) is 5.75 Å². The fourth-order valence-corrected chi connectivity index (χ4v) is 3.80. The standard InChI is InChI=1S/C26H36N4O3/c1-3-4-5-19-33-23-10-8-21(9-11-23)24(31)12-13-25(32)28-20-22-7-6-14-27-26(22)30-17-15-29(2)16-18-30/h6-11,14H,3-5,12-13,15-20H2,1-2H3,(H,28,32). The Bertz CT molecular complexity index is 893. The SMILES string of the molecule is CCCCCOc1ccc(C(=O)CCC(=O)NCc2cccnc2N2CCN(C)CC2)cc1. The van der Waals surface area contributed by atoms with Gasteiger partial charge in [0.05, 0.1) is 6.61 Å². The summed E-state index contributed by atoms with van der Waals surface area (Å²) in [5, 5.41) is 2.95. The van der Waals surface area contributed by atoms with E-state index in [9.17, 15) is 9.59 Å². The van der Waals surface area contributed by atoms with Gasteiger partial charge in [-0.2, -0.15) is 0 Å². The molecule has 0 unspecified atom stereocenters. The van der Waals surface area contributed by atoms with E-state index < -0.39 is 0 Å². The van der Waals surface area contributed by atoms with Gasteiger partial charge in [-0.05, 0) is 43.8 Å². The van der Waals surface area contributed by atoms with E-state index in [1.807, 2.05) is 24.3 Å². The van der Waals surface area contributed by atoms with Gasteiger partial charge in [0.2, 0.25) is 5.91 Å². The number of carbonyl (C=O) groups is 2. The molecule has 7 heteroatoms. The van der Waals surface area contributed by atoms with Crippen LogP contribution in [0.15, 0.2) is 42.6 Å². The Hall–Kier alpha value is -2.93. The molecule has 0 atom stereocenters. The van der Waals surface area contributed by atoms with Gasteiger partial charge < -0.3 is 19.9 Å². The highest BCUT2D eigenvalue weighted by molar-refractivity contribution is 5.98. The number of piperazine rings is 1. The van der Waals surface area contributed by atoms with E-state index >= 15 is 0 Å². The lowest BCUT2D eigenvalue weighted by Crippen LogP contribution is -2.45. The van der Waals surface area contributed by atoms with E-state index in [4.69, 9.17) is 4.74 Å². The first kappa shape index (κ1) is 24.7. The maximum atomic E-state index is 12.5. The van der Waals surface area contributed by atoms with Crippen LogP contribution >= 0.6 is 0 Å². The number of anilines is 1. The molecule has 1 aromatic carbocycles. The Morgan fingerprint density at radius 1 is 1.03 bits per heavy atom. The van der Waals surface area contributed by atoms with Crippen molar-refractivity contribution in [1.29, 1.82) is 0 Å². The molecular formula is C26H36N4O3. The van der Waals surface area contributed by atoms with Gasteiger partial charge in [0, 0.05) is 62.9 Å². The Labute approximate surface area is 197 Å². The molecule has 2 heterocycles. The van der Waals surface area contributed by atoms with Crippen LogP contribution in [-0.4, -0.2) is 61.4 Å². The zero-order valence-corrected chi connectivity index (χ0v) is 19.9. The minimum absolute atomic E-state index is 0.0396. The number of Topliss-reactive ketones (excluding diaryl/α,β-unsaturated/α-hetero) is 1. The third-order valence-corrected chi connectivity index (χ3v) is 5.92. The van der Waals surface area contributed by atoms with Crippen LogP contribution in [0.4, 0.5) is 5.82 Å². The monoisotopic (exact) mass is 452 g/mol. The number of amides is 1. The lowest BCUT2D eigenvalue weighted by Gasteiger charge is -2.34. The summed E-state index contributed by atoms with van der Waals surface area (Å²) < 4.78 is 5.69. The van der Waals surface area contributed by atoms with E-state index in [2.05, 4.69) is 34.1 Å². The highest BCUT2D eigenvalue weighted by Crippen LogP contribution is 2.19. The molecule has 1 aliphatic heterocycles. The number of aromatic nitrogens is 1. The summed E-state index contributed by atoms with van der Waals surface area (Å²) in [6.07, 6.45) is 5.47. The summed E-state index contributed by atoms with van der Waals surface area (Å²) in [5.41, 5.74) is 1.60. The maximum absolute atomic E-state index is 12.5. The molecule has 178 valence electrons. The predicted octanol–water partition coefficient (Wildman–Crippen LogP) is 3.68. The van der Waals surface area contributed by atoms with Crippen LogP contribution < -0.4 is 15.0 Å². The number of ketones is 1. The van der Waals surface area contributed by atoms with Crippen LogP contribution in [-0.2, 0) is 11.3 Å². The van der Waals surface area contributed by atoms with Gasteiger partial charge in [0.15, 0.2) is 5.78 Å². The molecule has 7 nitrogen and oxygen atoms in total. The molecule has 3 rings (SSSR count). The molecule has 1 aromatic heterocycles. The first-order valence-corrected chi connectivity index (χ1v) is 12.0. The minimum atomic E-state index is -0.132. The summed E-state index contributed by atoms with van der Waals surface area (Å²) in [7, 11) is 2.12. The molecule has 0 spiro atoms. The molecule has 2 aromatic rings. The van der Waals surface area contributed by atoms with Gasteiger partial charge in [-0.3, -0.25) is 9.59 Å². The Morgan fingerprint density at radius 3 is 2.52 bits per heavy atom. The van der Waals surface area contributed by atoms with E-state index in [0.717, 1.165) is 62.6 Å². The van der Waals surface area contributed by atoms with Crippen LogP contribution in [0.2, 0.25) is 0 Å². The number of hydrogen-bond acceptors (Lipinski definition) is 6. The maximum Gasteiger partial charge on any atom is 0.220 e. The highest BCUT2D eigenvalue weighted by Gasteiger charge is 2.18. The zero-order valence-electron chi connectivity index (χ0n) is 19.9. The van der Waals surface area contributed by atoms with Gasteiger partial charge in [-0.1, -0.05) is 25.8 Å². The molecule has 0 aliphatic carbocycles. The molecule has 1 aliphatic rings. The number of benzene rings is 1. The topological polar surface area (TPSA) is 74.8 Å². The Kier molecular flexibility index (Phi) is 9.69. The van der Waals surface area contributed by atoms with E-state index in [-0.39, 0.29) is 24.5 Å². The van der Waals surface area contributed by atoms with Crippen molar-refractivity contribution >= 4 is 17.5 Å². The normalized spacial score (nSPS) is 14.2. The molecule has 1 amide bonds. The number of nitrogens with zero attached hydrogens (tertiary/aromatic N) is 3. The fraction of sp³-hybridized carbons (Fsp3) is 0.500. The van der Waals surface area contributed by atoms with Gasteiger partial charge in [-0.15, -0.1) is 0 Å². The molecule has 1 fully saturated rings. The summed E-state index contributed by atoms with van der Waals surface area (Å²) in [6, 6.07) is 11.1. The van der Waals surface area contributed by atoms with Crippen molar-refractivity contribution in [2.45, 2.75) is 45.6 Å². The second-order valence-corrected chi connectivity index (χ2v) is 8.56. The van der Waals surface area contributed by atoms with Gasteiger partial charge in [0.1, 0.15) is 11.6 Å². The highest BCUT2D eigenvalue weighted by atomic mass is 16.5. The predicted molar refractivity (Wildman–Crippen MR) is 131 cm³/mol. The zero-order chi connectivity index (χ0) is 23.5. The molecular weight excluding hydrogens is 416 g/mol. The van der Waals surface area contributed by atoms with Crippen LogP contribution in [0.25, 0.3) is 0 Å². The fourth-order valence-electron chi connectivity index (χ4n) is 3.80. The number of ether oxygens (including phenoxy) is 1. The molecule has 0 bridgehead atoms. The van der Waals surface area contributed by atoms with Crippen molar-refractivity contribution < 1.29 is 14.3 Å². The smallest absolute Gasteiger partial charge is 0.220 e. The number of unbranched alkanes of at least 4 members (excludes halogenated alkanes) is 2. The Morgan fingerprint density at radius 2 is 1.79 bits per heavy atom. The second kappa shape index (κ2) is 12.9. The molecule has 1 N–H and O–H groups in total. The third-order valence-electron chi connectivity index (χ3n) is 5.92. The Balaban J connectivity index is 1.43. The van der Waals surface area contributed by atoms with Crippen molar-refractivity contribution in [3.8, 4) is 5.75 Å². The summed E-state index contributed by atoms with van der Waals surface area (Å²) in [6.45, 7) is 7.09. The van der Waals surface area contributed by atoms with Gasteiger partial charge in [0.25, 0.3) is 0 Å². The summed E-state index contributed by atoms with van der Waals surface area (Å²) in [4.78, 5) is 34.0. The van der Waals surface area contributed by atoms with Crippen molar-refractivity contribution in [3.63, 3.8) is 0 Å². The quantitative estimate of drug-likeness (QED) is 0.391. The van der Waals surface area contributed by atoms with Crippen molar-refractivity contribution in [2.24, 2.45) is 0 Å². The third kappa shape index (κ3) is 7.86. The molecule has 33 heavy (non-hydrogen) atoms. The largest absolute Gasteiger partial charge is 0.494 e. The number of pyridine rings is 1. The first-order valence-electron chi connectivity index (χ1n) is 12.0. The average Bonchev–Trinajstić information content (AvgIpc) is 2.85. The number of hydrogen-bond donors (Lipinski definition) is 1. The number of rotatable bonds is 12. The van der Waals surface area contributed by atoms with Crippen molar-refractivity contribution in [2.75, 3.05) is 44.7 Å². The van der Waals surface area contributed by atoms with Crippen LogP contribution in [0, 0.1) is 0 Å². The van der Waals surface area contributed by atoms with Crippen molar-refractivity contribution in [3.05, 3.63) is 53.7 Å². The minimum Gasteiger partial charge on any atom is -0.494 e. The summed E-state index contributed by atoms with van der Waals surface area (Å²) in [5.74, 6) is 1.53. The van der Waals surface area contributed by atoms with Gasteiger partial charge >= 0.3 is 0 Å². The lowest BCUT2D eigenvalue weighted by molar-refractivity contribution is -0.121. The number of nitrogens with one attached hydrogen (secondary N) is 1. The van der Waals surface area contributed by atoms with Crippen LogP contribution in [0.1, 0.15) is 54.9 Å². The molecule has 1 saturated heterocycles. The van der Waals surface area contributed by atoms with E-state index in [1.165, 1.54) is 0 Å². The molecule has 0 radical (unpaired) electrons. The number of likely N-dealkylation sites (N-methyl/N-ethyl adjacent to an activating group) is 1. The lowest BCUT2D eigenvalue weighted by atomic mass is 10.1. The van der Waals surface area contributed by atoms with Crippen LogP contribution in [0.3, 0.4) is 0 Å². The van der Waals surface area contributed by atoms with Crippen molar-refractivity contribution in [1.82, 2.24) is 15.2 Å².